The van der Waals surface area contributed by atoms with Crippen molar-refractivity contribution in [2.75, 3.05) is 0 Å². The van der Waals surface area contributed by atoms with Crippen molar-refractivity contribution in [3.05, 3.63) is 68.1 Å². The quantitative estimate of drug-likeness (QED) is 0.760. The predicted octanol–water partition coefficient (Wildman–Crippen LogP) is 1.58. The van der Waals surface area contributed by atoms with Crippen LogP contribution in [0.2, 0.25) is 0 Å². The molecule has 3 aromatic rings. The van der Waals surface area contributed by atoms with Crippen LogP contribution in [0.5, 0.6) is 0 Å². The Morgan fingerprint density at radius 2 is 1.96 bits per heavy atom. The first-order valence-corrected chi connectivity index (χ1v) is 8.30. The number of hydrogen-bond acceptors (Lipinski definition) is 3. The Hall–Kier alpha value is -3.09. The summed E-state index contributed by atoms with van der Waals surface area (Å²) >= 11 is 0. The molecular formula is C18H18N4O3. The normalized spacial score (nSPS) is 13.4. The Morgan fingerprint density at radius 3 is 2.76 bits per heavy atom. The molecule has 2 aromatic heterocycles. The van der Waals surface area contributed by atoms with Crippen LogP contribution in [0.25, 0.3) is 10.9 Å². The summed E-state index contributed by atoms with van der Waals surface area (Å²) < 4.78 is 2.08. The lowest BCUT2D eigenvalue weighted by Crippen LogP contribution is -2.27. The van der Waals surface area contributed by atoms with E-state index in [2.05, 4.69) is 21.5 Å². The van der Waals surface area contributed by atoms with E-state index in [0.29, 0.717) is 16.8 Å². The molecule has 7 heteroatoms. The average molecular weight is 338 g/mol. The van der Waals surface area contributed by atoms with Gasteiger partial charge in [-0.05, 0) is 12.5 Å². The molecule has 2 N–H and O–H groups in total. The maximum atomic E-state index is 13.1. The van der Waals surface area contributed by atoms with Gasteiger partial charge in [0.25, 0.3) is 11.5 Å². The molecule has 0 aliphatic carbocycles. The highest BCUT2D eigenvalue weighted by molar-refractivity contribution is 6.07. The molecule has 0 radical (unpaired) electrons. The summed E-state index contributed by atoms with van der Waals surface area (Å²) in [5.74, 6) is -0.137. The van der Waals surface area contributed by atoms with Crippen molar-refractivity contribution in [2.45, 2.75) is 33.0 Å². The van der Waals surface area contributed by atoms with E-state index in [1.54, 1.807) is 4.90 Å². The minimum absolute atomic E-state index is 0.137. The molecule has 0 bridgehead atoms. The van der Waals surface area contributed by atoms with Gasteiger partial charge >= 0.3 is 5.69 Å². The molecule has 1 aliphatic heterocycles. The second kappa shape index (κ2) is 5.77. The van der Waals surface area contributed by atoms with Crippen LogP contribution >= 0.6 is 0 Å². The van der Waals surface area contributed by atoms with Gasteiger partial charge in [-0.15, -0.1) is 0 Å². The molecule has 1 aromatic carbocycles. The SMILES string of the molecule is CCCn1cc(C(=O)N2Cc3[nH]c(=O)[nH]c(=O)c3C2)c2ccccc21. The molecule has 0 spiro atoms. The molecule has 0 atom stereocenters. The number of fused-ring (bicyclic) bond motifs is 2. The zero-order chi connectivity index (χ0) is 17.6. The summed E-state index contributed by atoms with van der Waals surface area (Å²) in [7, 11) is 0. The van der Waals surface area contributed by atoms with Crippen LogP contribution in [0.3, 0.4) is 0 Å². The number of para-hydroxylation sites is 1. The topological polar surface area (TPSA) is 91.0 Å². The summed E-state index contributed by atoms with van der Waals surface area (Å²) in [6, 6.07) is 7.81. The first kappa shape index (κ1) is 15.4. The number of H-pyrrole nitrogens is 2. The van der Waals surface area contributed by atoms with Gasteiger partial charge in [-0.2, -0.15) is 0 Å². The van der Waals surface area contributed by atoms with Crippen LogP contribution < -0.4 is 11.2 Å². The summed E-state index contributed by atoms with van der Waals surface area (Å²) in [6.45, 7) is 3.37. The largest absolute Gasteiger partial charge is 0.347 e. The minimum Gasteiger partial charge on any atom is -0.347 e. The Balaban J connectivity index is 1.73. The molecule has 0 saturated carbocycles. The number of amides is 1. The Kier molecular flexibility index (Phi) is 3.56. The second-order valence-corrected chi connectivity index (χ2v) is 6.28. The number of aromatic amines is 2. The number of aromatic nitrogens is 3. The minimum atomic E-state index is -0.544. The number of hydrogen-bond donors (Lipinski definition) is 2. The molecule has 4 rings (SSSR count). The third kappa shape index (κ3) is 2.48. The van der Waals surface area contributed by atoms with Gasteiger partial charge in [-0.1, -0.05) is 25.1 Å². The van der Waals surface area contributed by atoms with Crippen LogP contribution in [-0.4, -0.2) is 25.3 Å². The van der Waals surface area contributed by atoms with Gasteiger partial charge in [0.15, 0.2) is 0 Å². The zero-order valence-corrected chi connectivity index (χ0v) is 13.8. The Bertz CT molecular complexity index is 1090. The van der Waals surface area contributed by atoms with Crippen LogP contribution in [0.15, 0.2) is 40.1 Å². The van der Waals surface area contributed by atoms with E-state index in [4.69, 9.17) is 0 Å². The van der Waals surface area contributed by atoms with Gasteiger partial charge in [0.1, 0.15) is 0 Å². The fourth-order valence-electron chi connectivity index (χ4n) is 3.46. The van der Waals surface area contributed by atoms with Crippen LogP contribution in [-0.2, 0) is 19.6 Å². The van der Waals surface area contributed by atoms with E-state index >= 15 is 0 Å². The number of nitrogens with one attached hydrogen (secondary N) is 2. The van der Waals surface area contributed by atoms with Gasteiger partial charge < -0.3 is 14.5 Å². The highest BCUT2D eigenvalue weighted by Gasteiger charge is 2.29. The van der Waals surface area contributed by atoms with E-state index < -0.39 is 11.2 Å². The molecule has 7 nitrogen and oxygen atoms in total. The van der Waals surface area contributed by atoms with Crippen LogP contribution in [0, 0.1) is 0 Å². The van der Waals surface area contributed by atoms with Crippen molar-refractivity contribution in [3.8, 4) is 0 Å². The number of benzene rings is 1. The average Bonchev–Trinajstić information content (AvgIpc) is 3.17. The lowest BCUT2D eigenvalue weighted by atomic mass is 10.1. The summed E-state index contributed by atoms with van der Waals surface area (Å²) in [5.41, 5.74) is 1.64. The van der Waals surface area contributed by atoms with Crippen molar-refractivity contribution < 1.29 is 4.79 Å². The highest BCUT2D eigenvalue weighted by atomic mass is 16.2. The lowest BCUT2D eigenvalue weighted by Gasteiger charge is -2.14. The van der Waals surface area contributed by atoms with Gasteiger partial charge in [0.2, 0.25) is 0 Å². The number of nitrogens with zero attached hydrogens (tertiary/aromatic N) is 2. The number of aryl methyl sites for hydroxylation is 1. The standard InChI is InChI=1S/C18H18N4O3/c1-2-7-21-8-12(11-5-3-4-6-15(11)21)17(24)22-9-13-14(10-22)19-18(25)20-16(13)23/h3-6,8H,2,7,9-10H2,1H3,(H2,19,20,23,25). The molecule has 0 saturated heterocycles. The molecule has 1 amide bonds. The summed E-state index contributed by atoms with van der Waals surface area (Å²) in [6.07, 6.45) is 2.85. The maximum Gasteiger partial charge on any atom is 0.325 e. The van der Waals surface area contributed by atoms with Crippen molar-refractivity contribution in [1.29, 1.82) is 0 Å². The van der Waals surface area contributed by atoms with Crippen molar-refractivity contribution in [3.63, 3.8) is 0 Å². The molecule has 3 heterocycles. The van der Waals surface area contributed by atoms with Crippen LogP contribution in [0.4, 0.5) is 0 Å². The van der Waals surface area contributed by atoms with Crippen LogP contribution in [0.1, 0.15) is 35.0 Å². The predicted molar refractivity (Wildman–Crippen MR) is 93.5 cm³/mol. The summed E-state index contributed by atoms with van der Waals surface area (Å²) in [5, 5.41) is 0.902. The smallest absolute Gasteiger partial charge is 0.325 e. The van der Waals surface area contributed by atoms with E-state index in [0.717, 1.165) is 23.9 Å². The molecule has 0 fully saturated rings. The van der Waals surface area contributed by atoms with Crippen molar-refractivity contribution in [2.24, 2.45) is 0 Å². The third-order valence-corrected chi connectivity index (χ3v) is 4.60. The first-order valence-electron chi connectivity index (χ1n) is 8.30. The van der Waals surface area contributed by atoms with Gasteiger partial charge in [-0.25, -0.2) is 4.79 Å². The van der Waals surface area contributed by atoms with E-state index in [1.165, 1.54) is 0 Å². The van der Waals surface area contributed by atoms with E-state index in [9.17, 15) is 14.4 Å². The number of carbonyl (C=O) groups excluding carboxylic acids is 1. The molecular weight excluding hydrogens is 320 g/mol. The van der Waals surface area contributed by atoms with Gasteiger partial charge in [-0.3, -0.25) is 14.6 Å². The highest BCUT2D eigenvalue weighted by Crippen LogP contribution is 2.26. The second-order valence-electron chi connectivity index (χ2n) is 6.28. The number of carbonyl (C=O) groups is 1. The van der Waals surface area contributed by atoms with Gasteiger partial charge in [0, 0.05) is 29.3 Å². The maximum absolute atomic E-state index is 13.1. The third-order valence-electron chi connectivity index (χ3n) is 4.60. The Morgan fingerprint density at radius 1 is 1.16 bits per heavy atom. The molecule has 1 aliphatic rings. The fourth-order valence-corrected chi connectivity index (χ4v) is 3.46. The van der Waals surface area contributed by atoms with E-state index in [-0.39, 0.29) is 19.0 Å². The van der Waals surface area contributed by atoms with Gasteiger partial charge in [0.05, 0.1) is 24.2 Å². The van der Waals surface area contributed by atoms with E-state index in [1.807, 2.05) is 30.5 Å². The monoisotopic (exact) mass is 338 g/mol. The van der Waals surface area contributed by atoms with Crippen molar-refractivity contribution >= 4 is 16.8 Å². The molecule has 25 heavy (non-hydrogen) atoms. The molecule has 128 valence electrons. The van der Waals surface area contributed by atoms with Crippen molar-refractivity contribution in [1.82, 2.24) is 19.4 Å². The Labute approximate surface area is 142 Å². The summed E-state index contributed by atoms with van der Waals surface area (Å²) in [4.78, 5) is 42.8. The zero-order valence-electron chi connectivity index (χ0n) is 13.8. The first-order chi connectivity index (χ1) is 12.1. The molecule has 0 unspecified atom stereocenters. The lowest BCUT2D eigenvalue weighted by molar-refractivity contribution is 0.0752. The fraction of sp³-hybridized carbons (Fsp3) is 0.278. The number of rotatable bonds is 3.